The molecule has 0 radical (unpaired) electrons. The first-order valence-corrected chi connectivity index (χ1v) is 7.73. The number of carbonyl (C=O) groups excluding carboxylic acids is 2. The van der Waals surface area contributed by atoms with Gasteiger partial charge in [-0.3, -0.25) is 9.59 Å². The summed E-state index contributed by atoms with van der Waals surface area (Å²) in [5.41, 5.74) is 0.761. The third-order valence-corrected chi connectivity index (χ3v) is 3.31. The van der Waals surface area contributed by atoms with Crippen LogP contribution < -0.4 is 10.6 Å². The molecule has 0 fully saturated rings. The van der Waals surface area contributed by atoms with Crippen LogP contribution in [0, 0.1) is 0 Å². The number of rotatable bonds is 7. The predicted molar refractivity (Wildman–Crippen MR) is 87.6 cm³/mol. The fraction of sp³-hybridized carbons (Fsp3) is 0.333. The molecule has 2 N–H and O–H groups in total. The summed E-state index contributed by atoms with van der Waals surface area (Å²) in [6.45, 7) is 3.78. The van der Waals surface area contributed by atoms with Gasteiger partial charge in [-0.1, -0.05) is 30.3 Å². The Bertz CT molecular complexity index is 621. The summed E-state index contributed by atoms with van der Waals surface area (Å²) in [5.74, 6) is 0.356. The van der Waals surface area contributed by atoms with Gasteiger partial charge < -0.3 is 15.1 Å². The molecule has 1 aromatic carbocycles. The molecular weight excluding hydrogens is 292 g/mol. The zero-order chi connectivity index (χ0) is 16.7. The lowest BCUT2D eigenvalue weighted by Gasteiger charge is -2.20. The van der Waals surface area contributed by atoms with Crippen LogP contribution in [-0.2, 0) is 16.0 Å². The van der Waals surface area contributed by atoms with Crippen LogP contribution in [0.15, 0.2) is 53.1 Å². The van der Waals surface area contributed by atoms with Crippen molar-refractivity contribution in [2.75, 3.05) is 0 Å². The lowest BCUT2D eigenvalue weighted by molar-refractivity contribution is -0.129. The first kappa shape index (κ1) is 16.8. The summed E-state index contributed by atoms with van der Waals surface area (Å²) in [6, 6.07) is 12.2. The van der Waals surface area contributed by atoms with Gasteiger partial charge in [-0.2, -0.15) is 0 Å². The highest BCUT2D eigenvalue weighted by atomic mass is 16.3. The van der Waals surface area contributed by atoms with E-state index in [9.17, 15) is 9.59 Å². The van der Waals surface area contributed by atoms with Crippen molar-refractivity contribution in [2.24, 2.45) is 0 Å². The maximum absolute atomic E-state index is 12.4. The molecule has 1 atom stereocenters. The Hall–Kier alpha value is -2.56. The van der Waals surface area contributed by atoms with Crippen molar-refractivity contribution in [1.82, 2.24) is 10.6 Å². The van der Waals surface area contributed by atoms with Gasteiger partial charge >= 0.3 is 0 Å². The number of amides is 2. The number of hydrogen-bond acceptors (Lipinski definition) is 3. The molecule has 2 aromatic rings. The highest BCUT2D eigenvalue weighted by Gasteiger charge is 2.23. The molecule has 0 aliphatic heterocycles. The van der Waals surface area contributed by atoms with E-state index in [1.54, 1.807) is 12.3 Å². The van der Waals surface area contributed by atoms with Gasteiger partial charge in [0.25, 0.3) is 0 Å². The highest BCUT2D eigenvalue weighted by Crippen LogP contribution is 2.14. The van der Waals surface area contributed by atoms with Crippen molar-refractivity contribution in [3.05, 3.63) is 60.1 Å². The Morgan fingerprint density at radius 1 is 1.04 bits per heavy atom. The van der Waals surface area contributed by atoms with E-state index in [1.165, 1.54) is 0 Å². The van der Waals surface area contributed by atoms with Crippen LogP contribution in [-0.4, -0.2) is 17.9 Å². The zero-order valence-corrected chi connectivity index (χ0v) is 13.4. The number of furan rings is 1. The summed E-state index contributed by atoms with van der Waals surface area (Å²) < 4.78 is 5.21. The van der Waals surface area contributed by atoms with Crippen LogP contribution in [0.3, 0.4) is 0 Å². The molecule has 0 saturated carbocycles. The van der Waals surface area contributed by atoms with Gasteiger partial charge in [-0.15, -0.1) is 0 Å². The van der Waals surface area contributed by atoms with Crippen LogP contribution >= 0.6 is 0 Å². The molecule has 2 amide bonds. The Balaban J connectivity index is 2.01. The van der Waals surface area contributed by atoms with Gasteiger partial charge in [0.1, 0.15) is 11.8 Å². The van der Waals surface area contributed by atoms with Crippen LogP contribution in [0.2, 0.25) is 0 Å². The first-order chi connectivity index (χ1) is 11.1. The number of aryl methyl sites for hydroxylation is 1. The smallest absolute Gasteiger partial charge is 0.247 e. The molecule has 0 spiro atoms. The molecule has 5 nitrogen and oxygen atoms in total. The van der Waals surface area contributed by atoms with Gasteiger partial charge in [0.15, 0.2) is 0 Å². The Kier molecular flexibility index (Phi) is 5.97. The summed E-state index contributed by atoms with van der Waals surface area (Å²) >= 11 is 0. The van der Waals surface area contributed by atoms with E-state index in [0.717, 1.165) is 11.3 Å². The molecule has 2 rings (SSSR count). The molecule has 0 aliphatic rings. The second-order valence-electron chi connectivity index (χ2n) is 5.65. The lowest BCUT2D eigenvalue weighted by atomic mass is 10.1. The molecule has 0 saturated heterocycles. The molecular formula is C18H22N2O3. The minimum atomic E-state index is -0.692. The first-order valence-electron chi connectivity index (χ1n) is 7.73. The quantitative estimate of drug-likeness (QED) is 0.825. The van der Waals surface area contributed by atoms with Crippen LogP contribution in [0.1, 0.15) is 37.6 Å². The maximum atomic E-state index is 12.4. The highest BCUT2D eigenvalue weighted by molar-refractivity contribution is 5.88. The third kappa shape index (κ3) is 5.29. The minimum Gasteiger partial charge on any atom is -0.469 e. The number of benzene rings is 1. The van der Waals surface area contributed by atoms with Gasteiger partial charge in [-0.05, 0) is 31.5 Å². The Morgan fingerprint density at radius 2 is 1.78 bits per heavy atom. The number of carbonyl (C=O) groups is 2. The largest absolute Gasteiger partial charge is 0.469 e. The van der Waals surface area contributed by atoms with Crippen LogP contribution in [0.4, 0.5) is 0 Å². The van der Waals surface area contributed by atoms with Gasteiger partial charge in [0, 0.05) is 18.9 Å². The van der Waals surface area contributed by atoms with E-state index in [-0.39, 0.29) is 24.3 Å². The third-order valence-electron chi connectivity index (χ3n) is 3.31. The molecule has 1 aromatic heterocycles. The maximum Gasteiger partial charge on any atom is 0.247 e. The van der Waals surface area contributed by atoms with E-state index in [2.05, 4.69) is 10.6 Å². The van der Waals surface area contributed by atoms with E-state index in [4.69, 9.17) is 4.42 Å². The van der Waals surface area contributed by atoms with E-state index < -0.39 is 6.04 Å². The summed E-state index contributed by atoms with van der Waals surface area (Å²) in [4.78, 5) is 24.6. The SMILES string of the molecule is CC(C)NC(=O)[C@@H](NC(=O)CCc1ccco1)c1ccccc1. The molecule has 0 bridgehead atoms. The summed E-state index contributed by atoms with van der Waals surface area (Å²) in [6.07, 6.45) is 2.36. The van der Waals surface area contributed by atoms with Crippen molar-refractivity contribution in [1.29, 1.82) is 0 Å². The molecule has 122 valence electrons. The fourth-order valence-corrected chi connectivity index (χ4v) is 2.24. The van der Waals surface area contributed by atoms with E-state index in [1.807, 2.05) is 50.2 Å². The number of nitrogens with one attached hydrogen (secondary N) is 2. The van der Waals surface area contributed by atoms with Gasteiger partial charge in [-0.25, -0.2) is 0 Å². The standard InChI is InChI=1S/C18H22N2O3/c1-13(2)19-18(22)17(14-7-4-3-5-8-14)20-16(21)11-10-15-9-6-12-23-15/h3-9,12-13,17H,10-11H2,1-2H3,(H,19,22)(H,20,21)/t17-/m0/s1. The summed E-state index contributed by atoms with van der Waals surface area (Å²) in [7, 11) is 0. The van der Waals surface area contributed by atoms with Crippen molar-refractivity contribution >= 4 is 11.8 Å². The van der Waals surface area contributed by atoms with Gasteiger partial charge in [0.05, 0.1) is 6.26 Å². The van der Waals surface area contributed by atoms with Crippen LogP contribution in [0.25, 0.3) is 0 Å². The second-order valence-corrected chi connectivity index (χ2v) is 5.65. The van der Waals surface area contributed by atoms with Crippen molar-refractivity contribution < 1.29 is 14.0 Å². The zero-order valence-electron chi connectivity index (χ0n) is 13.4. The van der Waals surface area contributed by atoms with Gasteiger partial charge in [0.2, 0.25) is 11.8 Å². The average molecular weight is 314 g/mol. The molecule has 0 aliphatic carbocycles. The average Bonchev–Trinajstić information content (AvgIpc) is 3.04. The van der Waals surface area contributed by atoms with E-state index in [0.29, 0.717) is 6.42 Å². The predicted octanol–water partition coefficient (Wildman–Crippen LogP) is 2.59. The summed E-state index contributed by atoms with van der Waals surface area (Å²) in [5, 5.41) is 5.65. The second kappa shape index (κ2) is 8.17. The Morgan fingerprint density at radius 3 is 2.39 bits per heavy atom. The normalized spacial score (nSPS) is 12.0. The van der Waals surface area contributed by atoms with Crippen LogP contribution in [0.5, 0.6) is 0 Å². The Labute approximate surface area is 136 Å². The van der Waals surface area contributed by atoms with Crippen molar-refractivity contribution in [3.8, 4) is 0 Å². The topological polar surface area (TPSA) is 71.3 Å². The monoisotopic (exact) mass is 314 g/mol. The molecule has 0 unspecified atom stereocenters. The molecule has 1 heterocycles. The number of hydrogen-bond donors (Lipinski definition) is 2. The molecule has 5 heteroatoms. The fourth-order valence-electron chi connectivity index (χ4n) is 2.24. The van der Waals surface area contributed by atoms with Crippen molar-refractivity contribution in [2.45, 2.75) is 38.8 Å². The van der Waals surface area contributed by atoms with E-state index >= 15 is 0 Å². The van der Waals surface area contributed by atoms with Crippen molar-refractivity contribution in [3.63, 3.8) is 0 Å². The lowest BCUT2D eigenvalue weighted by Crippen LogP contribution is -2.42. The molecule has 23 heavy (non-hydrogen) atoms. The minimum absolute atomic E-state index is 0.00809.